The number of nitrogens with one attached hydrogen (secondary N) is 1. The normalized spacial score (nSPS) is 10.8. The molecule has 1 N–H and O–H groups in total. The Morgan fingerprint density at radius 3 is 2.45 bits per heavy atom. The van der Waals surface area contributed by atoms with Crippen molar-refractivity contribution >= 4 is 15.9 Å². The van der Waals surface area contributed by atoms with Gasteiger partial charge in [-0.3, -0.25) is 0 Å². The zero-order valence-electron chi connectivity index (χ0n) is 11.5. The molecule has 0 fully saturated rings. The van der Waals surface area contributed by atoms with Gasteiger partial charge < -0.3 is 10.1 Å². The van der Waals surface area contributed by atoms with Gasteiger partial charge >= 0.3 is 0 Å². The van der Waals surface area contributed by atoms with Gasteiger partial charge in [-0.05, 0) is 51.8 Å². The Balaban J connectivity index is 2.03. The summed E-state index contributed by atoms with van der Waals surface area (Å²) in [5.41, 5.74) is 1.20. The van der Waals surface area contributed by atoms with Gasteiger partial charge in [0.15, 0.2) is 0 Å². The number of hydrogen-bond acceptors (Lipinski definition) is 2. The molecule has 106 valence electrons. The molecule has 0 aliphatic heterocycles. The first kappa shape index (κ1) is 15.0. The largest absolute Gasteiger partial charge is 0.456 e. The molecule has 0 aliphatic carbocycles. The Bertz CT molecular complexity index is 569. The number of rotatable bonds is 5. The monoisotopic (exact) mass is 337 g/mol. The highest BCUT2D eigenvalue weighted by atomic mass is 79.9. The van der Waals surface area contributed by atoms with Crippen molar-refractivity contribution in [2.75, 3.05) is 0 Å². The highest BCUT2D eigenvalue weighted by Crippen LogP contribution is 2.30. The maximum atomic E-state index is 13.0. The summed E-state index contributed by atoms with van der Waals surface area (Å²) < 4.78 is 19.3. The average Bonchev–Trinajstić information content (AvgIpc) is 2.41. The second-order valence-electron chi connectivity index (χ2n) is 4.86. The minimum atomic E-state index is -0.292. The number of hydrogen-bond donors (Lipinski definition) is 1. The maximum absolute atomic E-state index is 13.0. The molecule has 0 unspecified atom stereocenters. The molecule has 0 aliphatic rings. The van der Waals surface area contributed by atoms with E-state index in [-0.39, 0.29) is 5.82 Å². The van der Waals surface area contributed by atoms with Crippen molar-refractivity contribution in [1.29, 1.82) is 0 Å². The molecule has 0 heterocycles. The third kappa shape index (κ3) is 4.32. The van der Waals surface area contributed by atoms with Crippen LogP contribution in [0, 0.1) is 5.82 Å². The van der Waals surface area contributed by atoms with E-state index in [0.717, 1.165) is 12.3 Å². The Hall–Kier alpha value is -1.39. The Morgan fingerprint density at radius 2 is 1.85 bits per heavy atom. The molecule has 0 atom stereocenters. The van der Waals surface area contributed by atoms with E-state index in [4.69, 9.17) is 4.74 Å². The summed E-state index contributed by atoms with van der Waals surface area (Å²) in [6.07, 6.45) is 0. The fraction of sp³-hybridized carbons (Fsp3) is 0.250. The third-order valence-electron chi connectivity index (χ3n) is 2.76. The second kappa shape index (κ2) is 6.86. The van der Waals surface area contributed by atoms with Crippen LogP contribution < -0.4 is 10.1 Å². The second-order valence-corrected chi connectivity index (χ2v) is 5.71. The van der Waals surface area contributed by atoms with Crippen LogP contribution in [-0.4, -0.2) is 6.04 Å². The lowest BCUT2D eigenvalue weighted by Gasteiger charge is -2.10. The van der Waals surface area contributed by atoms with E-state index in [1.807, 2.05) is 24.3 Å². The lowest BCUT2D eigenvalue weighted by Crippen LogP contribution is -2.21. The molecule has 0 bridgehead atoms. The molecule has 0 aromatic heterocycles. The van der Waals surface area contributed by atoms with Gasteiger partial charge in [0.05, 0.1) is 4.47 Å². The first-order valence-electron chi connectivity index (χ1n) is 6.50. The van der Waals surface area contributed by atoms with Gasteiger partial charge in [0, 0.05) is 12.6 Å². The van der Waals surface area contributed by atoms with Crippen LogP contribution in [0.5, 0.6) is 11.5 Å². The molecule has 0 saturated carbocycles. The summed E-state index contributed by atoms with van der Waals surface area (Å²) in [5.74, 6) is 1.03. The Morgan fingerprint density at radius 1 is 1.15 bits per heavy atom. The van der Waals surface area contributed by atoms with Gasteiger partial charge in [0.25, 0.3) is 0 Å². The van der Waals surface area contributed by atoms with Crippen LogP contribution in [0.4, 0.5) is 4.39 Å². The first-order chi connectivity index (χ1) is 9.54. The van der Waals surface area contributed by atoms with Crippen LogP contribution in [0.25, 0.3) is 0 Å². The van der Waals surface area contributed by atoms with E-state index in [1.165, 1.54) is 17.7 Å². The van der Waals surface area contributed by atoms with Crippen molar-refractivity contribution in [3.8, 4) is 11.5 Å². The first-order valence-corrected chi connectivity index (χ1v) is 7.29. The molecule has 2 nitrogen and oxygen atoms in total. The smallest absolute Gasteiger partial charge is 0.141 e. The van der Waals surface area contributed by atoms with Crippen LogP contribution in [0.1, 0.15) is 19.4 Å². The lowest BCUT2D eigenvalue weighted by atomic mass is 10.2. The van der Waals surface area contributed by atoms with Crippen molar-refractivity contribution in [2.24, 2.45) is 0 Å². The van der Waals surface area contributed by atoms with Crippen LogP contribution in [0.15, 0.2) is 46.9 Å². The van der Waals surface area contributed by atoms with Crippen LogP contribution in [0.2, 0.25) is 0 Å². The summed E-state index contributed by atoms with van der Waals surface area (Å²) in [4.78, 5) is 0. The van der Waals surface area contributed by atoms with Gasteiger partial charge in [-0.1, -0.05) is 26.0 Å². The minimum Gasteiger partial charge on any atom is -0.456 e. The van der Waals surface area contributed by atoms with Crippen molar-refractivity contribution in [2.45, 2.75) is 26.4 Å². The predicted octanol–water partition coefficient (Wildman–Crippen LogP) is 4.88. The highest BCUT2D eigenvalue weighted by molar-refractivity contribution is 9.10. The third-order valence-corrected chi connectivity index (χ3v) is 3.38. The van der Waals surface area contributed by atoms with Crippen LogP contribution in [-0.2, 0) is 6.54 Å². The fourth-order valence-corrected chi connectivity index (χ4v) is 2.11. The fourth-order valence-electron chi connectivity index (χ4n) is 1.68. The molecule has 2 aromatic carbocycles. The quantitative estimate of drug-likeness (QED) is 0.839. The summed E-state index contributed by atoms with van der Waals surface area (Å²) in [6.45, 7) is 5.06. The molecule has 0 saturated heterocycles. The molecule has 0 spiro atoms. The van der Waals surface area contributed by atoms with Crippen molar-refractivity contribution in [1.82, 2.24) is 5.32 Å². The van der Waals surface area contributed by atoms with E-state index in [2.05, 4.69) is 35.1 Å². The van der Waals surface area contributed by atoms with Gasteiger partial charge in [0.2, 0.25) is 0 Å². The summed E-state index contributed by atoms with van der Waals surface area (Å²) in [7, 11) is 0. The molecule has 0 amide bonds. The summed E-state index contributed by atoms with van der Waals surface area (Å²) >= 11 is 3.28. The van der Waals surface area contributed by atoms with Crippen molar-refractivity contribution in [3.63, 3.8) is 0 Å². The molecule has 20 heavy (non-hydrogen) atoms. The van der Waals surface area contributed by atoms with Gasteiger partial charge in [-0.25, -0.2) is 4.39 Å². The van der Waals surface area contributed by atoms with E-state index >= 15 is 0 Å². The van der Waals surface area contributed by atoms with Crippen molar-refractivity contribution < 1.29 is 9.13 Å². The highest BCUT2D eigenvalue weighted by Gasteiger charge is 2.04. The maximum Gasteiger partial charge on any atom is 0.141 e. The molecular weight excluding hydrogens is 321 g/mol. The van der Waals surface area contributed by atoms with E-state index in [9.17, 15) is 4.39 Å². The summed E-state index contributed by atoms with van der Waals surface area (Å²) in [5, 5.41) is 3.36. The minimum absolute atomic E-state index is 0.292. The SMILES string of the molecule is CC(C)NCc1ccc(Oc2ccc(F)cc2Br)cc1. The van der Waals surface area contributed by atoms with E-state index in [0.29, 0.717) is 16.3 Å². The Labute approximate surface area is 127 Å². The molecule has 2 aromatic rings. The molecule has 0 radical (unpaired) electrons. The Kier molecular flexibility index (Phi) is 5.15. The van der Waals surface area contributed by atoms with Crippen molar-refractivity contribution in [3.05, 3.63) is 58.3 Å². The zero-order valence-corrected chi connectivity index (χ0v) is 13.1. The topological polar surface area (TPSA) is 21.3 Å². The van der Waals surface area contributed by atoms with E-state index in [1.54, 1.807) is 6.07 Å². The van der Waals surface area contributed by atoms with Crippen LogP contribution in [0.3, 0.4) is 0 Å². The van der Waals surface area contributed by atoms with E-state index < -0.39 is 0 Å². The lowest BCUT2D eigenvalue weighted by molar-refractivity contribution is 0.477. The predicted molar refractivity (Wildman–Crippen MR) is 82.6 cm³/mol. The molecule has 2 rings (SSSR count). The van der Waals surface area contributed by atoms with Crippen LogP contribution >= 0.6 is 15.9 Å². The standard InChI is InChI=1S/C16H17BrFNO/c1-11(2)19-10-12-3-6-14(7-4-12)20-16-8-5-13(18)9-15(16)17/h3-9,11,19H,10H2,1-2H3. The van der Waals surface area contributed by atoms with Gasteiger partial charge in [-0.15, -0.1) is 0 Å². The summed E-state index contributed by atoms with van der Waals surface area (Å²) in [6, 6.07) is 12.7. The molecular formula is C16H17BrFNO. The van der Waals surface area contributed by atoms with Gasteiger partial charge in [-0.2, -0.15) is 0 Å². The van der Waals surface area contributed by atoms with Gasteiger partial charge in [0.1, 0.15) is 17.3 Å². The molecule has 4 heteroatoms. The number of benzene rings is 2. The average molecular weight is 338 g/mol. The number of halogens is 2. The zero-order chi connectivity index (χ0) is 14.5. The number of ether oxygens (including phenoxy) is 1.